The van der Waals surface area contributed by atoms with Crippen LogP contribution >= 0.6 is 11.3 Å². The van der Waals surface area contributed by atoms with Gasteiger partial charge in [0.1, 0.15) is 5.82 Å². The molecule has 35 heavy (non-hydrogen) atoms. The molecule has 1 saturated heterocycles. The molecule has 4 heterocycles. The van der Waals surface area contributed by atoms with Crippen LogP contribution in [0.5, 0.6) is 17.4 Å². The Balaban J connectivity index is 1.49. The summed E-state index contributed by atoms with van der Waals surface area (Å²) in [7, 11) is 1.61. The number of ether oxygens (including phenoxy) is 2. The van der Waals surface area contributed by atoms with Crippen molar-refractivity contribution in [2.45, 2.75) is 19.9 Å². The molecule has 1 unspecified atom stereocenters. The lowest BCUT2D eigenvalue weighted by atomic mass is 10.0. The molecule has 0 bridgehead atoms. The highest BCUT2D eigenvalue weighted by molar-refractivity contribution is 7.17. The third-order valence-electron chi connectivity index (χ3n) is 6.06. The number of aromatic nitrogens is 3. The summed E-state index contributed by atoms with van der Waals surface area (Å²) in [4.78, 5) is 22.6. The van der Waals surface area contributed by atoms with Gasteiger partial charge in [-0.3, -0.25) is 9.69 Å². The minimum atomic E-state index is -0.283. The fraction of sp³-hybridized carbons (Fsp3) is 0.375. The van der Waals surface area contributed by atoms with Crippen LogP contribution in [0.4, 0.5) is 0 Å². The summed E-state index contributed by atoms with van der Waals surface area (Å²) in [5, 5.41) is 15.4. The molecule has 1 N–H and O–H groups in total. The van der Waals surface area contributed by atoms with Crippen LogP contribution in [0.15, 0.2) is 41.0 Å². The van der Waals surface area contributed by atoms with E-state index in [0.29, 0.717) is 60.8 Å². The normalized spacial score (nSPS) is 15.5. The van der Waals surface area contributed by atoms with Crippen molar-refractivity contribution in [3.63, 3.8) is 0 Å². The molecule has 1 fully saturated rings. The molecule has 1 atom stereocenters. The van der Waals surface area contributed by atoms with Crippen LogP contribution in [-0.4, -0.2) is 75.3 Å². The zero-order chi connectivity index (χ0) is 24.5. The third kappa shape index (κ3) is 4.32. The second kappa shape index (κ2) is 9.59. The van der Waals surface area contributed by atoms with E-state index in [2.05, 4.69) is 15.0 Å². The van der Waals surface area contributed by atoms with Crippen LogP contribution < -0.4 is 9.47 Å². The second-order valence-electron chi connectivity index (χ2n) is 8.19. The number of aryl methyl sites for hydroxylation is 1. The van der Waals surface area contributed by atoms with Crippen molar-refractivity contribution in [1.82, 2.24) is 24.4 Å². The van der Waals surface area contributed by atoms with Gasteiger partial charge in [-0.15, -0.1) is 5.10 Å². The van der Waals surface area contributed by atoms with E-state index < -0.39 is 0 Å². The lowest BCUT2D eigenvalue weighted by Crippen LogP contribution is -2.49. The number of amides is 1. The van der Waals surface area contributed by atoms with Crippen LogP contribution in [0.25, 0.3) is 4.96 Å². The summed E-state index contributed by atoms with van der Waals surface area (Å²) in [6.07, 6.45) is 1.50. The Morgan fingerprint density at radius 1 is 1.23 bits per heavy atom. The molecule has 0 aliphatic carbocycles. The summed E-state index contributed by atoms with van der Waals surface area (Å²) in [5.41, 5.74) is 0.938. The van der Waals surface area contributed by atoms with Gasteiger partial charge in [-0.05, 0) is 43.7 Å². The van der Waals surface area contributed by atoms with E-state index in [1.807, 2.05) is 25.1 Å². The van der Waals surface area contributed by atoms with Crippen LogP contribution in [0, 0.1) is 6.92 Å². The Morgan fingerprint density at radius 3 is 2.69 bits per heavy atom. The van der Waals surface area contributed by atoms with Gasteiger partial charge < -0.3 is 23.9 Å². The zero-order valence-corrected chi connectivity index (χ0v) is 20.6. The molecular weight excluding hydrogens is 470 g/mol. The van der Waals surface area contributed by atoms with Gasteiger partial charge in [-0.1, -0.05) is 17.4 Å². The summed E-state index contributed by atoms with van der Waals surface area (Å²) in [6.45, 7) is 6.53. The number of furan rings is 1. The number of fused-ring (bicyclic) bond motifs is 1. The first-order valence-electron chi connectivity index (χ1n) is 11.4. The van der Waals surface area contributed by atoms with Gasteiger partial charge in [-0.25, -0.2) is 4.98 Å². The fourth-order valence-corrected chi connectivity index (χ4v) is 5.59. The van der Waals surface area contributed by atoms with Crippen LogP contribution in [0.1, 0.15) is 39.8 Å². The first-order chi connectivity index (χ1) is 17.0. The molecule has 10 nitrogen and oxygen atoms in total. The van der Waals surface area contributed by atoms with E-state index in [-0.39, 0.29) is 17.8 Å². The number of piperazine rings is 1. The lowest BCUT2D eigenvalue weighted by molar-refractivity contribution is 0.0567. The smallest absolute Gasteiger partial charge is 0.289 e. The van der Waals surface area contributed by atoms with Crippen molar-refractivity contribution in [2.75, 3.05) is 39.9 Å². The van der Waals surface area contributed by atoms with Crippen molar-refractivity contribution >= 4 is 22.2 Å². The highest BCUT2D eigenvalue weighted by Crippen LogP contribution is 2.42. The molecule has 4 aromatic rings. The summed E-state index contributed by atoms with van der Waals surface area (Å²) < 4.78 is 18.1. The second-order valence-corrected chi connectivity index (χ2v) is 9.20. The van der Waals surface area contributed by atoms with Crippen molar-refractivity contribution < 1.29 is 23.8 Å². The average molecular weight is 498 g/mol. The summed E-state index contributed by atoms with van der Waals surface area (Å²) >= 11 is 1.40. The molecule has 1 amide bonds. The highest BCUT2D eigenvalue weighted by Gasteiger charge is 2.33. The number of rotatable bonds is 7. The molecule has 0 saturated carbocycles. The Labute approximate surface area is 206 Å². The van der Waals surface area contributed by atoms with Crippen molar-refractivity contribution in [1.29, 1.82) is 0 Å². The van der Waals surface area contributed by atoms with E-state index in [4.69, 9.17) is 13.9 Å². The maximum absolute atomic E-state index is 12.8. The SMILES string of the molecule is CCOc1ccc(C(c2sc3nc(C)nn3c2O)N2CCN(C(=O)c3ccco3)CC2)cc1OC. The van der Waals surface area contributed by atoms with Crippen LogP contribution in [0.2, 0.25) is 0 Å². The molecule has 184 valence electrons. The van der Waals surface area contributed by atoms with E-state index in [1.54, 1.807) is 31.1 Å². The van der Waals surface area contributed by atoms with Crippen molar-refractivity contribution in [3.05, 3.63) is 58.6 Å². The van der Waals surface area contributed by atoms with Crippen molar-refractivity contribution in [2.24, 2.45) is 0 Å². The number of thiazole rings is 1. The van der Waals surface area contributed by atoms with Crippen LogP contribution in [0.3, 0.4) is 0 Å². The van der Waals surface area contributed by atoms with E-state index >= 15 is 0 Å². The largest absolute Gasteiger partial charge is 0.493 e. The number of aromatic hydroxyl groups is 1. The maximum Gasteiger partial charge on any atom is 0.289 e. The molecule has 1 aliphatic rings. The standard InChI is InChI=1S/C24H27N5O5S/c1-4-33-17-8-7-16(14-19(17)32-3)20(21-23(31)29-24(35-21)25-15(2)26-29)27-9-11-28(12-10-27)22(30)18-6-5-13-34-18/h5-8,13-14,20,31H,4,9-12H2,1-3H3. The molecule has 5 rings (SSSR count). The monoisotopic (exact) mass is 497 g/mol. The Kier molecular flexibility index (Phi) is 6.35. The molecular formula is C24H27N5O5S. The fourth-order valence-electron chi connectivity index (χ4n) is 4.42. The van der Waals surface area contributed by atoms with E-state index in [1.165, 1.54) is 22.1 Å². The topological polar surface area (TPSA) is 106 Å². The minimum Gasteiger partial charge on any atom is -0.493 e. The van der Waals surface area contributed by atoms with Gasteiger partial charge in [0.2, 0.25) is 10.8 Å². The number of carbonyl (C=O) groups excluding carboxylic acids is 1. The molecule has 0 spiro atoms. The zero-order valence-electron chi connectivity index (χ0n) is 19.8. The lowest BCUT2D eigenvalue weighted by Gasteiger charge is -2.39. The Bertz CT molecular complexity index is 1320. The number of nitrogens with zero attached hydrogens (tertiary/aromatic N) is 5. The average Bonchev–Trinajstić information content (AvgIpc) is 3.59. The molecule has 3 aromatic heterocycles. The molecule has 11 heteroatoms. The van der Waals surface area contributed by atoms with Gasteiger partial charge in [0.25, 0.3) is 5.91 Å². The number of carbonyl (C=O) groups is 1. The summed E-state index contributed by atoms with van der Waals surface area (Å²) in [6, 6.07) is 8.92. The maximum atomic E-state index is 12.8. The predicted molar refractivity (Wildman–Crippen MR) is 129 cm³/mol. The third-order valence-corrected chi connectivity index (χ3v) is 7.13. The number of hydrogen-bond acceptors (Lipinski definition) is 9. The summed E-state index contributed by atoms with van der Waals surface area (Å²) in [5.74, 6) is 2.17. The highest BCUT2D eigenvalue weighted by atomic mass is 32.1. The van der Waals surface area contributed by atoms with Gasteiger partial charge >= 0.3 is 0 Å². The number of benzene rings is 1. The van der Waals surface area contributed by atoms with Gasteiger partial charge in [0.05, 0.1) is 30.9 Å². The predicted octanol–water partition coefficient (Wildman–Crippen LogP) is 3.35. The van der Waals surface area contributed by atoms with Gasteiger partial charge in [0, 0.05) is 26.2 Å². The first kappa shape index (κ1) is 23.2. The number of hydrogen-bond donors (Lipinski definition) is 1. The quantitative estimate of drug-likeness (QED) is 0.414. The van der Waals surface area contributed by atoms with E-state index in [9.17, 15) is 9.90 Å². The Morgan fingerprint density at radius 2 is 2.03 bits per heavy atom. The van der Waals surface area contributed by atoms with Gasteiger partial charge in [0.15, 0.2) is 17.3 Å². The van der Waals surface area contributed by atoms with E-state index in [0.717, 1.165) is 10.4 Å². The molecule has 0 radical (unpaired) electrons. The Hall–Kier alpha value is -3.57. The molecule has 1 aromatic carbocycles. The minimum absolute atomic E-state index is 0.0672. The van der Waals surface area contributed by atoms with Crippen molar-refractivity contribution in [3.8, 4) is 17.4 Å². The van der Waals surface area contributed by atoms with Gasteiger partial charge in [-0.2, -0.15) is 4.52 Å². The van der Waals surface area contributed by atoms with Crippen LogP contribution in [-0.2, 0) is 0 Å². The molecule has 1 aliphatic heterocycles. The first-order valence-corrected chi connectivity index (χ1v) is 12.2. The number of methoxy groups -OCH3 is 1.